The molecule has 0 aliphatic carbocycles. The first-order valence-electron chi connectivity index (χ1n) is 5.09. The van der Waals surface area contributed by atoms with Gasteiger partial charge in [-0.3, -0.25) is 4.52 Å². The monoisotopic (exact) mass is 224 g/mol. The average molecular weight is 224 g/mol. The van der Waals surface area contributed by atoms with Gasteiger partial charge in [0.1, 0.15) is 0 Å². The molecule has 0 bridgehead atoms. The highest BCUT2D eigenvalue weighted by molar-refractivity contribution is 7.46. The molecule has 0 heterocycles. The molecule has 0 unspecified atom stereocenters. The molecule has 0 atom stereocenters. The van der Waals surface area contributed by atoms with Crippen molar-refractivity contribution < 1.29 is 18.9 Å². The topological polar surface area (TPSA) is 66.8 Å². The SMILES string of the molecule is CCC(CC)(CC)CCOP(=O)(O)O. The third kappa shape index (κ3) is 5.11. The lowest BCUT2D eigenvalue weighted by Gasteiger charge is -2.30. The van der Waals surface area contributed by atoms with Crippen LogP contribution in [-0.2, 0) is 9.09 Å². The van der Waals surface area contributed by atoms with Gasteiger partial charge in [0.15, 0.2) is 0 Å². The minimum atomic E-state index is -4.28. The largest absolute Gasteiger partial charge is 0.469 e. The van der Waals surface area contributed by atoms with Crippen LogP contribution in [0.4, 0.5) is 0 Å². The normalized spacial score (nSPS) is 13.2. The number of hydrogen-bond acceptors (Lipinski definition) is 2. The molecule has 0 aliphatic heterocycles. The minimum absolute atomic E-state index is 0.139. The van der Waals surface area contributed by atoms with Crippen molar-refractivity contribution in [1.82, 2.24) is 0 Å². The molecule has 5 heteroatoms. The van der Waals surface area contributed by atoms with Crippen molar-refractivity contribution in [3.05, 3.63) is 0 Å². The van der Waals surface area contributed by atoms with Crippen molar-refractivity contribution >= 4 is 7.82 Å². The summed E-state index contributed by atoms with van der Waals surface area (Å²) in [5.41, 5.74) is 0.176. The van der Waals surface area contributed by atoms with Gasteiger partial charge in [-0.05, 0) is 11.8 Å². The summed E-state index contributed by atoms with van der Waals surface area (Å²) < 4.78 is 14.9. The highest BCUT2D eigenvalue weighted by Crippen LogP contribution is 2.39. The fourth-order valence-electron chi connectivity index (χ4n) is 1.66. The Kier molecular flexibility index (Phi) is 5.91. The zero-order chi connectivity index (χ0) is 11.2. The summed E-state index contributed by atoms with van der Waals surface area (Å²) in [5, 5.41) is 0. The van der Waals surface area contributed by atoms with E-state index in [1.54, 1.807) is 0 Å². The summed E-state index contributed by atoms with van der Waals surface area (Å²) >= 11 is 0. The van der Waals surface area contributed by atoms with Crippen LogP contribution in [0.1, 0.15) is 46.5 Å². The van der Waals surface area contributed by atoms with Crippen LogP contribution >= 0.6 is 7.82 Å². The van der Waals surface area contributed by atoms with Crippen molar-refractivity contribution in [2.24, 2.45) is 5.41 Å². The number of hydrogen-bond donors (Lipinski definition) is 2. The predicted molar refractivity (Wildman–Crippen MR) is 55.9 cm³/mol. The molecule has 86 valence electrons. The third-order valence-electron chi connectivity index (χ3n) is 3.14. The van der Waals surface area contributed by atoms with Crippen LogP contribution < -0.4 is 0 Å². The Labute approximate surface area is 85.9 Å². The summed E-state index contributed by atoms with van der Waals surface area (Å²) in [4.78, 5) is 17.0. The van der Waals surface area contributed by atoms with Crippen molar-refractivity contribution in [2.75, 3.05) is 6.61 Å². The molecule has 0 aromatic carbocycles. The van der Waals surface area contributed by atoms with Gasteiger partial charge in [-0.1, -0.05) is 40.0 Å². The van der Waals surface area contributed by atoms with E-state index in [9.17, 15) is 4.57 Å². The standard InChI is InChI=1S/C9H21O4P/c1-4-9(5-2,6-3)7-8-13-14(10,11)12/h4-8H2,1-3H3,(H2,10,11,12). The van der Waals surface area contributed by atoms with Crippen molar-refractivity contribution in [3.63, 3.8) is 0 Å². The molecule has 0 aromatic heterocycles. The molecule has 4 nitrogen and oxygen atoms in total. The fourth-order valence-corrected chi connectivity index (χ4v) is 1.99. The van der Waals surface area contributed by atoms with E-state index in [1.807, 2.05) is 0 Å². The Morgan fingerprint density at radius 1 is 1.14 bits per heavy atom. The van der Waals surface area contributed by atoms with E-state index < -0.39 is 7.82 Å². The number of rotatable bonds is 7. The van der Waals surface area contributed by atoms with Crippen LogP contribution in [0.5, 0.6) is 0 Å². The quantitative estimate of drug-likeness (QED) is 0.652. The van der Waals surface area contributed by atoms with Crippen molar-refractivity contribution in [1.29, 1.82) is 0 Å². The van der Waals surface area contributed by atoms with E-state index >= 15 is 0 Å². The molecule has 2 N–H and O–H groups in total. The first-order valence-corrected chi connectivity index (χ1v) is 6.62. The molecule has 0 amide bonds. The second-order valence-corrected chi connectivity index (χ2v) is 4.87. The van der Waals surface area contributed by atoms with Gasteiger partial charge in [-0.2, -0.15) is 0 Å². The summed E-state index contributed by atoms with van der Waals surface area (Å²) in [5.74, 6) is 0. The van der Waals surface area contributed by atoms with Gasteiger partial charge >= 0.3 is 7.82 Å². The highest BCUT2D eigenvalue weighted by Gasteiger charge is 2.25. The molecule has 14 heavy (non-hydrogen) atoms. The predicted octanol–water partition coefficient (Wildman–Crippen LogP) is 2.70. The minimum Gasteiger partial charge on any atom is -0.303 e. The maximum Gasteiger partial charge on any atom is 0.469 e. The Hall–Kier alpha value is 0.110. The lowest BCUT2D eigenvalue weighted by molar-refractivity contribution is 0.140. The molecule has 0 radical (unpaired) electrons. The maximum absolute atomic E-state index is 10.5. The lowest BCUT2D eigenvalue weighted by atomic mass is 9.77. The Bertz CT molecular complexity index is 187. The van der Waals surface area contributed by atoms with E-state index in [0.29, 0.717) is 6.42 Å². The van der Waals surface area contributed by atoms with Gasteiger partial charge in [-0.15, -0.1) is 0 Å². The molecule has 0 aromatic rings. The highest BCUT2D eigenvalue weighted by atomic mass is 31.2. The van der Waals surface area contributed by atoms with E-state index in [0.717, 1.165) is 19.3 Å². The zero-order valence-electron chi connectivity index (χ0n) is 9.19. The van der Waals surface area contributed by atoms with E-state index in [1.165, 1.54) is 0 Å². The van der Waals surface area contributed by atoms with Gasteiger partial charge in [0, 0.05) is 0 Å². The second-order valence-electron chi connectivity index (χ2n) is 3.63. The van der Waals surface area contributed by atoms with Gasteiger partial charge in [0.05, 0.1) is 6.61 Å². The van der Waals surface area contributed by atoms with Crippen LogP contribution in [0.3, 0.4) is 0 Å². The Balaban J connectivity index is 4.01. The third-order valence-corrected chi connectivity index (χ3v) is 3.66. The van der Waals surface area contributed by atoms with E-state index in [4.69, 9.17) is 9.79 Å². The summed E-state index contributed by atoms with van der Waals surface area (Å²) in [7, 11) is -4.28. The zero-order valence-corrected chi connectivity index (χ0v) is 10.1. The van der Waals surface area contributed by atoms with Gasteiger partial charge in [0.2, 0.25) is 0 Å². The summed E-state index contributed by atoms with van der Waals surface area (Å²) in [6, 6.07) is 0. The molecule has 0 rings (SSSR count). The molecule has 0 spiro atoms. The van der Waals surface area contributed by atoms with Crippen LogP contribution in [0.25, 0.3) is 0 Å². The fraction of sp³-hybridized carbons (Fsp3) is 1.00. The molecular weight excluding hydrogens is 203 g/mol. The van der Waals surface area contributed by atoms with Crippen LogP contribution in [0.2, 0.25) is 0 Å². The van der Waals surface area contributed by atoms with Crippen molar-refractivity contribution in [2.45, 2.75) is 46.5 Å². The number of phosphoric acid groups is 1. The number of phosphoric ester groups is 1. The van der Waals surface area contributed by atoms with E-state index in [-0.39, 0.29) is 12.0 Å². The molecule has 0 saturated heterocycles. The van der Waals surface area contributed by atoms with Crippen LogP contribution in [0, 0.1) is 5.41 Å². The maximum atomic E-state index is 10.5. The first-order chi connectivity index (χ1) is 6.39. The van der Waals surface area contributed by atoms with Crippen LogP contribution in [-0.4, -0.2) is 16.4 Å². The van der Waals surface area contributed by atoms with Crippen LogP contribution in [0.15, 0.2) is 0 Å². The summed E-state index contributed by atoms with van der Waals surface area (Å²) in [6.45, 7) is 6.44. The van der Waals surface area contributed by atoms with E-state index in [2.05, 4.69) is 25.3 Å². The Morgan fingerprint density at radius 2 is 1.57 bits per heavy atom. The molecular formula is C9H21O4P. The second kappa shape index (κ2) is 5.86. The summed E-state index contributed by atoms with van der Waals surface area (Å²) in [6.07, 6.45) is 3.77. The van der Waals surface area contributed by atoms with Crippen molar-refractivity contribution in [3.8, 4) is 0 Å². The molecule has 0 fully saturated rings. The Morgan fingerprint density at radius 3 is 1.86 bits per heavy atom. The molecule has 0 saturated carbocycles. The van der Waals surface area contributed by atoms with Gasteiger partial charge < -0.3 is 9.79 Å². The van der Waals surface area contributed by atoms with Gasteiger partial charge in [-0.25, -0.2) is 4.57 Å². The van der Waals surface area contributed by atoms with Gasteiger partial charge in [0.25, 0.3) is 0 Å². The molecule has 0 aliphatic rings. The lowest BCUT2D eigenvalue weighted by Crippen LogP contribution is -2.19. The average Bonchev–Trinajstić information content (AvgIpc) is 2.11. The smallest absolute Gasteiger partial charge is 0.303 e. The first kappa shape index (κ1) is 14.1.